The van der Waals surface area contributed by atoms with Crippen molar-refractivity contribution in [3.8, 4) is 0 Å². The first-order chi connectivity index (χ1) is 20.9. The summed E-state index contributed by atoms with van der Waals surface area (Å²) in [7, 11) is 0. The molecule has 9 atom stereocenters. The van der Waals surface area contributed by atoms with Crippen LogP contribution in [0.2, 0.25) is 0 Å². The minimum absolute atomic E-state index is 0.00602. The Balaban J connectivity index is 1.16. The zero-order valence-electron chi connectivity index (χ0n) is 28.0. The lowest BCUT2D eigenvalue weighted by Gasteiger charge is -2.72. The summed E-state index contributed by atoms with van der Waals surface area (Å²) < 4.78 is 2.25. The Morgan fingerprint density at radius 3 is 2.57 bits per heavy atom. The van der Waals surface area contributed by atoms with E-state index < -0.39 is 0 Å². The molecule has 0 bridgehead atoms. The van der Waals surface area contributed by atoms with Crippen LogP contribution in [0.25, 0.3) is 10.9 Å². The molecule has 5 nitrogen and oxygen atoms in total. The molecule has 4 fully saturated rings. The van der Waals surface area contributed by atoms with Gasteiger partial charge in [0.05, 0.1) is 17.9 Å². The van der Waals surface area contributed by atoms with Gasteiger partial charge >= 0.3 is 0 Å². The lowest BCUT2D eigenvalue weighted by atomic mass is 9.32. The summed E-state index contributed by atoms with van der Waals surface area (Å²) >= 11 is 0. The highest BCUT2D eigenvalue weighted by atomic mass is 16.3. The van der Waals surface area contributed by atoms with Crippen molar-refractivity contribution in [3.05, 3.63) is 59.6 Å². The number of nitrogens with zero attached hydrogens (tertiary/aromatic N) is 3. The van der Waals surface area contributed by atoms with E-state index >= 15 is 0 Å². The van der Waals surface area contributed by atoms with Crippen molar-refractivity contribution in [1.29, 1.82) is 0 Å². The molecular weight excluding hydrogens is 540 g/mol. The molecule has 8 rings (SSSR count). The van der Waals surface area contributed by atoms with Gasteiger partial charge in [-0.25, -0.2) is 4.68 Å². The van der Waals surface area contributed by atoms with Crippen LogP contribution < -0.4 is 0 Å². The molecule has 0 unspecified atom stereocenters. The minimum Gasteiger partial charge on any atom is -0.396 e. The van der Waals surface area contributed by atoms with E-state index in [-0.39, 0.29) is 16.2 Å². The first kappa shape index (κ1) is 29.0. The van der Waals surface area contributed by atoms with Crippen molar-refractivity contribution in [2.45, 2.75) is 111 Å². The molecular formula is C39H54N4O. The van der Waals surface area contributed by atoms with Crippen LogP contribution in [0.4, 0.5) is 0 Å². The van der Waals surface area contributed by atoms with Crippen molar-refractivity contribution in [2.75, 3.05) is 6.61 Å². The number of hydrogen-bond donors (Lipinski definition) is 2. The van der Waals surface area contributed by atoms with E-state index in [9.17, 15) is 5.11 Å². The van der Waals surface area contributed by atoms with Gasteiger partial charge in [0, 0.05) is 29.1 Å². The first-order valence-electron chi connectivity index (χ1n) is 17.6. The lowest BCUT2D eigenvalue weighted by Crippen LogP contribution is -2.66. The number of nitrogens with one attached hydrogen (secondary N) is 1. The number of H-pyrrole nitrogens is 1. The van der Waals surface area contributed by atoms with E-state index in [4.69, 9.17) is 10.3 Å². The molecule has 0 aliphatic heterocycles. The fraction of sp³-hybridized carbons (Fsp3) is 0.692. The third kappa shape index (κ3) is 3.51. The number of benzene rings is 1. The van der Waals surface area contributed by atoms with Crippen LogP contribution in [0.1, 0.15) is 110 Å². The fourth-order valence-corrected chi connectivity index (χ4v) is 13.6. The summed E-state index contributed by atoms with van der Waals surface area (Å²) in [6, 6.07) is 8.74. The number of aromatic nitrogens is 4. The number of hydrogen-bond acceptors (Lipinski definition) is 3. The molecule has 0 saturated heterocycles. The van der Waals surface area contributed by atoms with Crippen LogP contribution >= 0.6 is 0 Å². The number of fused-ring (bicyclic) bond motifs is 9. The second-order valence-electron chi connectivity index (χ2n) is 17.5. The molecule has 5 aliphatic rings. The minimum atomic E-state index is 0.00602. The Bertz CT molecular complexity index is 1630. The van der Waals surface area contributed by atoms with Crippen LogP contribution in [0.15, 0.2) is 42.6 Å². The molecule has 2 heterocycles. The van der Waals surface area contributed by atoms with E-state index in [0.717, 1.165) is 13.0 Å². The first-order valence-corrected chi connectivity index (χ1v) is 17.6. The largest absolute Gasteiger partial charge is 0.396 e. The average molecular weight is 595 g/mol. The maximum atomic E-state index is 10.9. The summed E-state index contributed by atoms with van der Waals surface area (Å²) in [5, 5.41) is 22.0. The van der Waals surface area contributed by atoms with E-state index in [0.29, 0.717) is 47.0 Å². The molecule has 3 aromatic rings. The van der Waals surface area contributed by atoms with Crippen molar-refractivity contribution < 1.29 is 5.11 Å². The second-order valence-corrected chi connectivity index (χ2v) is 17.5. The van der Waals surface area contributed by atoms with Crippen LogP contribution in [0, 0.1) is 51.2 Å². The average Bonchev–Trinajstić information content (AvgIpc) is 3.71. The summed E-state index contributed by atoms with van der Waals surface area (Å²) in [5.41, 5.74) is 7.37. The van der Waals surface area contributed by atoms with Gasteiger partial charge in [0.15, 0.2) is 0 Å². The van der Waals surface area contributed by atoms with Gasteiger partial charge in [-0.2, -0.15) is 0 Å². The Morgan fingerprint density at radius 2 is 1.80 bits per heavy atom. The maximum Gasteiger partial charge on any atom is 0.0870 e. The standard InChI is InChI=1S/C39H54N4O/c1-24(2)26-13-17-39(23-44)19-18-37(6)28(33(26)39)11-12-32-36(5)21-30-34(35(3,4)31(36)14-16-38(32,37)7)43(42-41-30)22-25-9-8-10-29-27(25)15-20-40-29/h8-10,15,20,26,28,31-33,40,44H,1,11-14,16-19,21-23H2,2-7H3/t26-,28+,31-,32+,33+,36-,37+,38+,39+/m0/s1. The number of allylic oxidation sites excluding steroid dienone is 1. The topological polar surface area (TPSA) is 66.7 Å². The second kappa shape index (κ2) is 9.33. The third-order valence-electron chi connectivity index (χ3n) is 15.7. The molecule has 2 aromatic heterocycles. The molecule has 5 aliphatic carbocycles. The Labute approximate surface area is 264 Å². The smallest absolute Gasteiger partial charge is 0.0870 e. The number of aromatic amines is 1. The zero-order valence-corrected chi connectivity index (χ0v) is 28.0. The van der Waals surface area contributed by atoms with Gasteiger partial charge in [0.1, 0.15) is 0 Å². The van der Waals surface area contributed by atoms with Crippen LogP contribution in [-0.4, -0.2) is 31.7 Å². The van der Waals surface area contributed by atoms with Gasteiger partial charge in [-0.1, -0.05) is 64.1 Å². The SMILES string of the molecule is C=C(C)[C@@H]1CC[C@]2(CO)CC[C@]3(C)[C@H](CC[C@@H]4[C@@]5(C)Cc6nnn(Cc7cccc8[nH]ccc78)c6C(C)(C)[C@@H]5CC[C@]43C)[C@@H]12. The third-order valence-corrected chi connectivity index (χ3v) is 15.7. The van der Waals surface area contributed by atoms with Gasteiger partial charge < -0.3 is 10.1 Å². The molecule has 0 amide bonds. The summed E-state index contributed by atoms with van der Waals surface area (Å²) in [6.45, 7) is 21.0. The van der Waals surface area contributed by atoms with Gasteiger partial charge in [-0.15, -0.1) is 5.10 Å². The highest BCUT2D eigenvalue weighted by Crippen LogP contribution is 2.77. The van der Waals surface area contributed by atoms with E-state index in [1.165, 1.54) is 84.8 Å². The molecule has 5 heteroatoms. The summed E-state index contributed by atoms with van der Waals surface area (Å²) in [4.78, 5) is 3.38. The van der Waals surface area contributed by atoms with Gasteiger partial charge in [0.2, 0.25) is 0 Å². The Hall–Kier alpha value is -2.40. The quantitative estimate of drug-likeness (QED) is 0.298. The molecule has 0 spiro atoms. The molecule has 0 radical (unpaired) electrons. The predicted molar refractivity (Wildman–Crippen MR) is 177 cm³/mol. The zero-order chi connectivity index (χ0) is 30.9. The predicted octanol–water partition coefficient (Wildman–Crippen LogP) is 8.47. The van der Waals surface area contributed by atoms with Gasteiger partial charge in [-0.05, 0) is 134 Å². The highest BCUT2D eigenvalue weighted by molar-refractivity contribution is 5.82. The van der Waals surface area contributed by atoms with Gasteiger partial charge in [-0.3, -0.25) is 0 Å². The van der Waals surface area contributed by atoms with Crippen molar-refractivity contribution in [2.24, 2.45) is 51.2 Å². The Morgan fingerprint density at radius 1 is 0.977 bits per heavy atom. The van der Waals surface area contributed by atoms with Crippen molar-refractivity contribution >= 4 is 10.9 Å². The number of aliphatic hydroxyl groups excluding tert-OH is 1. The molecule has 2 N–H and O–H groups in total. The fourth-order valence-electron chi connectivity index (χ4n) is 13.6. The molecule has 44 heavy (non-hydrogen) atoms. The van der Waals surface area contributed by atoms with E-state index in [1.807, 2.05) is 6.20 Å². The van der Waals surface area contributed by atoms with E-state index in [2.05, 4.69) is 82.1 Å². The van der Waals surface area contributed by atoms with Crippen LogP contribution in [-0.2, 0) is 18.4 Å². The number of rotatable bonds is 4. The summed E-state index contributed by atoms with van der Waals surface area (Å²) in [5.74, 6) is 3.12. The normalized spacial score (nSPS) is 42.2. The maximum absolute atomic E-state index is 10.9. The van der Waals surface area contributed by atoms with Crippen LogP contribution in [0.3, 0.4) is 0 Å². The molecule has 1 aromatic carbocycles. The number of aliphatic hydroxyl groups is 1. The lowest BCUT2D eigenvalue weighted by molar-refractivity contribution is -0.228. The Kier molecular flexibility index (Phi) is 6.16. The summed E-state index contributed by atoms with van der Waals surface area (Å²) in [6.07, 6.45) is 13.1. The molecule has 4 saturated carbocycles. The van der Waals surface area contributed by atoms with Gasteiger partial charge in [0.25, 0.3) is 0 Å². The molecule has 236 valence electrons. The monoisotopic (exact) mass is 594 g/mol. The van der Waals surface area contributed by atoms with Crippen molar-refractivity contribution in [1.82, 2.24) is 20.0 Å². The highest BCUT2D eigenvalue weighted by Gasteiger charge is 2.71. The van der Waals surface area contributed by atoms with Crippen molar-refractivity contribution in [3.63, 3.8) is 0 Å². The van der Waals surface area contributed by atoms with Crippen LogP contribution in [0.5, 0.6) is 0 Å². The van der Waals surface area contributed by atoms with E-state index in [1.54, 1.807) is 0 Å².